The lowest BCUT2D eigenvalue weighted by atomic mass is 9.82. The van der Waals surface area contributed by atoms with E-state index in [0.29, 0.717) is 18.8 Å². The van der Waals surface area contributed by atoms with E-state index in [0.717, 1.165) is 13.0 Å². The molecule has 1 aromatic rings. The third-order valence-electron chi connectivity index (χ3n) is 3.09. The fourth-order valence-electron chi connectivity index (χ4n) is 2.10. The summed E-state index contributed by atoms with van der Waals surface area (Å²) in [6.45, 7) is 3.35. The summed E-state index contributed by atoms with van der Waals surface area (Å²) < 4.78 is 10.6. The molecule has 0 spiro atoms. The van der Waals surface area contributed by atoms with Gasteiger partial charge in [-0.25, -0.2) is 0 Å². The van der Waals surface area contributed by atoms with Crippen LogP contribution < -0.4 is 0 Å². The van der Waals surface area contributed by atoms with Crippen molar-refractivity contribution >= 4 is 0 Å². The summed E-state index contributed by atoms with van der Waals surface area (Å²) in [5.74, 6) is 0.828. The van der Waals surface area contributed by atoms with Gasteiger partial charge in [0.15, 0.2) is 0 Å². The van der Waals surface area contributed by atoms with E-state index in [1.54, 1.807) is 6.26 Å². The second-order valence-electron chi connectivity index (χ2n) is 3.82. The van der Waals surface area contributed by atoms with E-state index in [-0.39, 0.29) is 5.92 Å². The third-order valence-corrected chi connectivity index (χ3v) is 3.09. The molecule has 2 atom stereocenters. The van der Waals surface area contributed by atoms with E-state index < -0.39 is 5.60 Å². The molecule has 2 unspecified atom stereocenters. The molecule has 2 heterocycles. The first-order chi connectivity index (χ1) is 6.77. The summed E-state index contributed by atoms with van der Waals surface area (Å²) in [6, 6.07) is 3.65. The minimum Gasteiger partial charge on any atom is -0.466 e. The van der Waals surface area contributed by atoms with Gasteiger partial charge in [0, 0.05) is 12.5 Å². The van der Waals surface area contributed by atoms with Crippen molar-refractivity contribution in [2.45, 2.75) is 25.4 Å². The van der Waals surface area contributed by atoms with Gasteiger partial charge in [-0.1, -0.05) is 6.92 Å². The van der Waals surface area contributed by atoms with Gasteiger partial charge >= 0.3 is 0 Å². The largest absolute Gasteiger partial charge is 0.466 e. The maximum absolute atomic E-state index is 10.5. The first-order valence-electron chi connectivity index (χ1n) is 5.11. The van der Waals surface area contributed by atoms with Crippen molar-refractivity contribution in [3.63, 3.8) is 0 Å². The van der Waals surface area contributed by atoms with Crippen molar-refractivity contribution in [1.29, 1.82) is 0 Å². The Morgan fingerprint density at radius 2 is 2.50 bits per heavy atom. The van der Waals surface area contributed by atoms with E-state index >= 15 is 0 Å². The normalized spacial score (nSPS) is 26.3. The Morgan fingerprint density at radius 3 is 3.00 bits per heavy atom. The van der Waals surface area contributed by atoms with Gasteiger partial charge in [-0.3, -0.25) is 0 Å². The van der Waals surface area contributed by atoms with Gasteiger partial charge < -0.3 is 14.3 Å². The van der Waals surface area contributed by atoms with Crippen molar-refractivity contribution in [3.8, 4) is 0 Å². The first-order valence-corrected chi connectivity index (χ1v) is 5.11. The van der Waals surface area contributed by atoms with E-state index in [1.807, 2.05) is 19.1 Å². The molecule has 3 heteroatoms. The number of furan rings is 1. The van der Waals surface area contributed by atoms with Gasteiger partial charge in [-0.2, -0.15) is 0 Å². The van der Waals surface area contributed by atoms with Crippen LogP contribution in [0.15, 0.2) is 22.8 Å². The maximum atomic E-state index is 10.5. The minimum absolute atomic E-state index is 0.165. The molecule has 0 saturated carbocycles. The van der Waals surface area contributed by atoms with Gasteiger partial charge in [0.05, 0.1) is 12.9 Å². The highest BCUT2D eigenvalue weighted by atomic mass is 16.5. The number of rotatable bonds is 3. The number of ether oxygens (including phenoxy) is 1. The standard InChI is InChI=1S/C11H16O3/c1-2-11(12,9-5-7-13-8-9)10-4-3-6-14-10/h3-4,6,9,12H,2,5,7-8H2,1H3. The number of hydrogen-bond acceptors (Lipinski definition) is 3. The Balaban J connectivity index is 2.24. The lowest BCUT2D eigenvalue weighted by molar-refractivity contribution is -0.0480. The number of aliphatic hydroxyl groups is 1. The number of hydrogen-bond donors (Lipinski definition) is 1. The summed E-state index contributed by atoms with van der Waals surface area (Å²) in [7, 11) is 0. The minimum atomic E-state index is -0.847. The van der Waals surface area contributed by atoms with Crippen LogP contribution in [0.25, 0.3) is 0 Å². The average Bonchev–Trinajstić information content (AvgIpc) is 2.88. The van der Waals surface area contributed by atoms with Gasteiger partial charge in [0.25, 0.3) is 0 Å². The van der Waals surface area contributed by atoms with Crippen LogP contribution in [0.1, 0.15) is 25.5 Å². The van der Waals surface area contributed by atoms with E-state index in [1.165, 1.54) is 0 Å². The highest BCUT2D eigenvalue weighted by molar-refractivity contribution is 5.11. The molecule has 0 radical (unpaired) electrons. The Hall–Kier alpha value is -0.800. The predicted molar refractivity (Wildman–Crippen MR) is 51.8 cm³/mol. The highest BCUT2D eigenvalue weighted by Crippen LogP contribution is 2.37. The molecule has 1 saturated heterocycles. The van der Waals surface area contributed by atoms with Crippen molar-refractivity contribution in [1.82, 2.24) is 0 Å². The van der Waals surface area contributed by atoms with Gasteiger partial charge in [0.2, 0.25) is 0 Å². The maximum Gasteiger partial charge on any atom is 0.135 e. The van der Waals surface area contributed by atoms with Crippen LogP contribution in [-0.2, 0) is 10.3 Å². The molecule has 1 aromatic heterocycles. The van der Waals surface area contributed by atoms with E-state index in [4.69, 9.17) is 9.15 Å². The molecule has 14 heavy (non-hydrogen) atoms. The Labute approximate surface area is 83.7 Å². The van der Waals surface area contributed by atoms with Crippen molar-refractivity contribution in [3.05, 3.63) is 24.2 Å². The van der Waals surface area contributed by atoms with Crippen molar-refractivity contribution in [2.24, 2.45) is 5.92 Å². The molecule has 0 aromatic carbocycles. The molecule has 1 fully saturated rings. The molecular weight excluding hydrogens is 180 g/mol. The zero-order chi connectivity index (χ0) is 10.0. The van der Waals surface area contributed by atoms with Crippen LogP contribution in [0.2, 0.25) is 0 Å². The molecule has 0 aliphatic carbocycles. The summed E-state index contributed by atoms with van der Waals surface area (Å²) in [6.07, 6.45) is 3.17. The molecule has 0 amide bonds. The Bertz CT molecular complexity index is 275. The first kappa shape index (κ1) is 9.74. The summed E-state index contributed by atoms with van der Waals surface area (Å²) in [5, 5.41) is 10.5. The molecule has 1 aliphatic heterocycles. The molecule has 1 N–H and O–H groups in total. The summed E-state index contributed by atoms with van der Waals surface area (Å²) in [5.41, 5.74) is -0.847. The van der Waals surface area contributed by atoms with Gasteiger partial charge in [-0.05, 0) is 25.0 Å². The third kappa shape index (κ3) is 1.47. The van der Waals surface area contributed by atoms with Crippen LogP contribution in [-0.4, -0.2) is 18.3 Å². The quantitative estimate of drug-likeness (QED) is 0.803. The van der Waals surface area contributed by atoms with Crippen LogP contribution in [0.5, 0.6) is 0 Å². The van der Waals surface area contributed by atoms with E-state index in [2.05, 4.69) is 0 Å². The monoisotopic (exact) mass is 196 g/mol. The smallest absolute Gasteiger partial charge is 0.135 e. The molecule has 2 rings (SSSR count). The van der Waals surface area contributed by atoms with Gasteiger partial charge in [-0.15, -0.1) is 0 Å². The second-order valence-corrected chi connectivity index (χ2v) is 3.82. The highest BCUT2D eigenvalue weighted by Gasteiger charge is 2.41. The molecule has 1 aliphatic rings. The fraction of sp³-hybridized carbons (Fsp3) is 0.636. The molecular formula is C11H16O3. The lowest BCUT2D eigenvalue weighted by Crippen LogP contribution is -2.34. The SMILES string of the molecule is CCC(O)(c1ccco1)C1CCOC1. The Kier molecular flexibility index (Phi) is 2.61. The molecule has 3 nitrogen and oxygen atoms in total. The average molecular weight is 196 g/mol. The fourth-order valence-corrected chi connectivity index (χ4v) is 2.10. The zero-order valence-corrected chi connectivity index (χ0v) is 8.40. The predicted octanol–water partition coefficient (Wildman–Crippen LogP) is 1.91. The molecule has 0 bridgehead atoms. The van der Waals surface area contributed by atoms with Crippen LogP contribution in [0.4, 0.5) is 0 Å². The summed E-state index contributed by atoms with van der Waals surface area (Å²) in [4.78, 5) is 0. The van der Waals surface area contributed by atoms with Crippen LogP contribution in [0.3, 0.4) is 0 Å². The summed E-state index contributed by atoms with van der Waals surface area (Å²) >= 11 is 0. The Morgan fingerprint density at radius 1 is 1.64 bits per heavy atom. The molecule has 78 valence electrons. The van der Waals surface area contributed by atoms with Crippen LogP contribution >= 0.6 is 0 Å². The van der Waals surface area contributed by atoms with E-state index in [9.17, 15) is 5.11 Å². The topological polar surface area (TPSA) is 42.6 Å². The van der Waals surface area contributed by atoms with Crippen molar-refractivity contribution < 1.29 is 14.3 Å². The second kappa shape index (κ2) is 3.75. The lowest BCUT2D eigenvalue weighted by Gasteiger charge is -2.29. The van der Waals surface area contributed by atoms with Crippen molar-refractivity contribution in [2.75, 3.05) is 13.2 Å². The van der Waals surface area contributed by atoms with Gasteiger partial charge in [0.1, 0.15) is 11.4 Å². The zero-order valence-electron chi connectivity index (χ0n) is 8.40. The van der Waals surface area contributed by atoms with Crippen LogP contribution in [0, 0.1) is 5.92 Å².